The summed E-state index contributed by atoms with van der Waals surface area (Å²) in [4.78, 5) is 24.1. The first-order chi connectivity index (χ1) is 7.45. The molecule has 2 aliphatic rings. The van der Waals surface area contributed by atoms with E-state index in [2.05, 4.69) is 0 Å². The third-order valence-electron chi connectivity index (χ3n) is 2.94. The highest BCUT2D eigenvalue weighted by atomic mass is 32.2. The molecule has 1 unspecified atom stereocenters. The summed E-state index contributed by atoms with van der Waals surface area (Å²) in [6.07, 6.45) is 0. The number of nitrogens with zero attached hydrogens (tertiary/aromatic N) is 1. The van der Waals surface area contributed by atoms with E-state index in [1.54, 1.807) is 11.8 Å². The molecule has 2 rings (SSSR count). The zero-order chi connectivity index (χ0) is 12.0. The number of carboxylic acid groups (broad SMARTS) is 1. The number of carbonyl (C=O) groups is 2. The summed E-state index contributed by atoms with van der Waals surface area (Å²) in [5.74, 6) is -0.548. The van der Waals surface area contributed by atoms with Gasteiger partial charge in [0.15, 0.2) is 0 Å². The highest BCUT2D eigenvalue weighted by Crippen LogP contribution is 2.41. The van der Waals surface area contributed by atoms with Crippen molar-refractivity contribution in [3.05, 3.63) is 11.3 Å². The molecule has 0 saturated carbocycles. The first-order valence-electron chi connectivity index (χ1n) is 5.11. The van der Waals surface area contributed by atoms with Gasteiger partial charge in [0, 0.05) is 5.75 Å². The van der Waals surface area contributed by atoms with Crippen LogP contribution in [-0.2, 0) is 9.59 Å². The molecular weight excluding hydrogens is 228 g/mol. The second-order valence-electron chi connectivity index (χ2n) is 4.27. The Balaban J connectivity index is 2.42. The van der Waals surface area contributed by atoms with Crippen LogP contribution in [0, 0.1) is 5.92 Å². The second-order valence-corrected chi connectivity index (χ2v) is 5.37. The van der Waals surface area contributed by atoms with E-state index in [4.69, 9.17) is 5.73 Å². The first kappa shape index (κ1) is 11.5. The molecular formula is C10H14N2O3S. The van der Waals surface area contributed by atoms with E-state index >= 15 is 0 Å². The van der Waals surface area contributed by atoms with Gasteiger partial charge >= 0.3 is 5.97 Å². The standard InChI is InChI=1S/C10H14N2O3S/c1-4(2)5-3-16-9-6(11)8(13)12(9)7(5)10(14)15/h4,6,9H,3,11H2,1-2H3,(H,14,15)/t6?,9-/m1/s1. The largest absolute Gasteiger partial charge is 0.477 e. The number of carbonyl (C=O) groups excluding carboxylic acids is 1. The average Bonchev–Trinajstić information content (AvgIpc) is 2.25. The minimum atomic E-state index is -1.03. The van der Waals surface area contributed by atoms with Gasteiger partial charge in [0.1, 0.15) is 17.1 Å². The van der Waals surface area contributed by atoms with Gasteiger partial charge in [0.05, 0.1) is 0 Å². The normalized spacial score (nSPS) is 29.2. The van der Waals surface area contributed by atoms with Crippen LogP contribution in [0.3, 0.4) is 0 Å². The summed E-state index contributed by atoms with van der Waals surface area (Å²) < 4.78 is 0. The summed E-state index contributed by atoms with van der Waals surface area (Å²) >= 11 is 1.54. The fraction of sp³-hybridized carbons (Fsp3) is 0.600. The van der Waals surface area contributed by atoms with E-state index in [0.29, 0.717) is 5.75 Å². The molecule has 1 saturated heterocycles. The van der Waals surface area contributed by atoms with E-state index in [0.717, 1.165) is 5.57 Å². The molecule has 6 heteroatoms. The topological polar surface area (TPSA) is 83.6 Å². The molecule has 1 amide bonds. The number of fused-ring (bicyclic) bond motifs is 1. The number of nitrogens with two attached hydrogens (primary N) is 1. The van der Waals surface area contributed by atoms with Crippen LogP contribution in [0.1, 0.15) is 13.8 Å². The Morgan fingerprint density at radius 3 is 2.75 bits per heavy atom. The highest BCUT2D eigenvalue weighted by Gasteiger charge is 2.51. The zero-order valence-electron chi connectivity index (χ0n) is 9.14. The van der Waals surface area contributed by atoms with E-state index in [-0.39, 0.29) is 22.9 Å². The summed E-state index contributed by atoms with van der Waals surface area (Å²) in [5, 5.41) is 8.99. The minimum Gasteiger partial charge on any atom is -0.477 e. The van der Waals surface area contributed by atoms with Crippen molar-refractivity contribution in [3.63, 3.8) is 0 Å². The molecule has 2 aliphatic heterocycles. The molecule has 0 aromatic carbocycles. The Kier molecular flexibility index (Phi) is 2.71. The Morgan fingerprint density at radius 1 is 1.62 bits per heavy atom. The van der Waals surface area contributed by atoms with Gasteiger partial charge in [-0.3, -0.25) is 9.69 Å². The van der Waals surface area contributed by atoms with Crippen LogP contribution in [0.25, 0.3) is 0 Å². The monoisotopic (exact) mass is 242 g/mol. The van der Waals surface area contributed by atoms with Crippen LogP contribution < -0.4 is 5.73 Å². The molecule has 0 aliphatic carbocycles. The van der Waals surface area contributed by atoms with Gasteiger partial charge in [-0.2, -0.15) is 0 Å². The third-order valence-corrected chi connectivity index (χ3v) is 4.26. The maximum atomic E-state index is 11.6. The lowest BCUT2D eigenvalue weighted by Crippen LogP contribution is -2.68. The zero-order valence-corrected chi connectivity index (χ0v) is 9.95. The smallest absolute Gasteiger partial charge is 0.352 e. The van der Waals surface area contributed by atoms with Crippen molar-refractivity contribution < 1.29 is 14.7 Å². The number of thioether (sulfide) groups is 1. The summed E-state index contributed by atoms with van der Waals surface area (Å²) in [6, 6.07) is -0.548. The lowest BCUT2D eigenvalue weighted by Gasteiger charge is -2.48. The Hall–Kier alpha value is -1.01. The van der Waals surface area contributed by atoms with Crippen molar-refractivity contribution in [1.82, 2.24) is 4.90 Å². The van der Waals surface area contributed by atoms with Gasteiger partial charge in [-0.05, 0) is 11.5 Å². The predicted octanol–water partition coefficient (Wildman–Crippen LogP) is 0.224. The Morgan fingerprint density at radius 2 is 2.25 bits per heavy atom. The lowest BCUT2D eigenvalue weighted by atomic mass is 9.97. The number of carboxylic acids is 1. The number of rotatable bonds is 2. The van der Waals surface area contributed by atoms with Gasteiger partial charge in [0.2, 0.25) is 5.91 Å². The van der Waals surface area contributed by atoms with Gasteiger partial charge in [-0.1, -0.05) is 13.8 Å². The van der Waals surface area contributed by atoms with Crippen LogP contribution >= 0.6 is 11.8 Å². The van der Waals surface area contributed by atoms with E-state index in [1.165, 1.54) is 4.90 Å². The van der Waals surface area contributed by atoms with Crippen LogP contribution in [-0.4, -0.2) is 39.1 Å². The predicted molar refractivity (Wildman–Crippen MR) is 60.6 cm³/mol. The van der Waals surface area contributed by atoms with E-state index in [1.807, 2.05) is 13.8 Å². The first-order valence-corrected chi connectivity index (χ1v) is 6.16. The molecule has 0 aromatic rings. The van der Waals surface area contributed by atoms with Crippen molar-refractivity contribution in [1.29, 1.82) is 0 Å². The van der Waals surface area contributed by atoms with E-state index < -0.39 is 12.0 Å². The molecule has 0 aromatic heterocycles. The molecule has 5 nitrogen and oxygen atoms in total. The Bertz CT molecular complexity index is 392. The van der Waals surface area contributed by atoms with Gasteiger partial charge in [0.25, 0.3) is 0 Å². The van der Waals surface area contributed by atoms with Crippen molar-refractivity contribution in [2.24, 2.45) is 11.7 Å². The number of amides is 1. The van der Waals surface area contributed by atoms with Gasteiger partial charge < -0.3 is 10.8 Å². The maximum Gasteiger partial charge on any atom is 0.352 e. The van der Waals surface area contributed by atoms with Crippen LogP contribution in [0.15, 0.2) is 11.3 Å². The van der Waals surface area contributed by atoms with Crippen molar-refractivity contribution >= 4 is 23.6 Å². The quantitative estimate of drug-likeness (QED) is 0.677. The van der Waals surface area contributed by atoms with Gasteiger partial charge in [-0.25, -0.2) is 4.79 Å². The molecule has 2 atom stereocenters. The lowest BCUT2D eigenvalue weighted by molar-refractivity contribution is -0.148. The third kappa shape index (κ3) is 1.44. The van der Waals surface area contributed by atoms with Gasteiger partial charge in [-0.15, -0.1) is 11.8 Å². The fourth-order valence-electron chi connectivity index (χ4n) is 1.98. The van der Waals surface area contributed by atoms with Crippen molar-refractivity contribution in [2.75, 3.05) is 5.75 Å². The highest BCUT2D eigenvalue weighted by molar-refractivity contribution is 8.00. The molecule has 0 spiro atoms. The minimum absolute atomic E-state index is 0.129. The maximum absolute atomic E-state index is 11.6. The molecule has 0 bridgehead atoms. The summed E-state index contributed by atoms with van der Waals surface area (Å²) in [6.45, 7) is 3.87. The molecule has 3 N–H and O–H groups in total. The molecule has 1 fully saturated rings. The van der Waals surface area contributed by atoms with Crippen molar-refractivity contribution in [2.45, 2.75) is 25.3 Å². The summed E-state index contributed by atoms with van der Waals surface area (Å²) in [7, 11) is 0. The Labute approximate surface area is 97.7 Å². The van der Waals surface area contributed by atoms with E-state index in [9.17, 15) is 14.7 Å². The summed E-state index contributed by atoms with van der Waals surface area (Å²) in [5.41, 5.74) is 6.59. The molecule has 0 radical (unpaired) electrons. The van der Waals surface area contributed by atoms with Crippen LogP contribution in [0.5, 0.6) is 0 Å². The number of aliphatic carboxylic acids is 1. The van der Waals surface area contributed by atoms with Crippen LogP contribution in [0.2, 0.25) is 0 Å². The number of hydrogen-bond acceptors (Lipinski definition) is 4. The van der Waals surface area contributed by atoms with Crippen LogP contribution in [0.4, 0.5) is 0 Å². The molecule has 88 valence electrons. The SMILES string of the molecule is CC(C)C1=C(C(=O)O)N2C(=O)C(N)[C@H]2SC1. The number of β-lactam (4-membered cyclic amide) rings is 1. The number of hydrogen-bond donors (Lipinski definition) is 2. The average molecular weight is 242 g/mol. The molecule has 16 heavy (non-hydrogen) atoms. The second kappa shape index (κ2) is 3.78. The fourth-order valence-corrected chi connectivity index (χ4v) is 3.48. The van der Waals surface area contributed by atoms with Crippen molar-refractivity contribution in [3.8, 4) is 0 Å². The molecule has 2 heterocycles.